The lowest BCUT2D eigenvalue weighted by Crippen LogP contribution is -2.41. The Morgan fingerprint density at radius 1 is 1.44 bits per heavy atom. The molecule has 2 aromatic rings. The molecule has 1 saturated carbocycles. The highest BCUT2D eigenvalue weighted by atomic mass is 79.9. The maximum atomic E-state index is 14.6. The van der Waals surface area contributed by atoms with Gasteiger partial charge in [0.1, 0.15) is 18.0 Å². The van der Waals surface area contributed by atoms with Crippen molar-refractivity contribution in [3.8, 4) is 0 Å². The molecule has 0 spiro atoms. The predicted octanol–water partition coefficient (Wildman–Crippen LogP) is 3.72. The zero-order chi connectivity index (χ0) is 17.8. The number of benzene rings is 1. The standard InChI is InChI=1S/C17H17BrF2N4S/c1-10-14-16(7-19,12-6-11(18)2-3-13(12)20)23-15(21)25-17(10,14)8-24-5-4-22-9-24/h2-6,9-10,14H,7-8H2,1H3,(H2,21,23)/t10-,14-,16+,17-/m0/s1. The van der Waals surface area contributed by atoms with Crippen LogP contribution in [0.25, 0.3) is 0 Å². The van der Waals surface area contributed by atoms with Crippen LogP contribution in [0.5, 0.6) is 0 Å². The number of alkyl halides is 1. The molecule has 4 atom stereocenters. The van der Waals surface area contributed by atoms with Crippen LogP contribution in [-0.4, -0.2) is 26.1 Å². The van der Waals surface area contributed by atoms with E-state index >= 15 is 0 Å². The lowest BCUT2D eigenvalue weighted by Gasteiger charge is -2.35. The monoisotopic (exact) mass is 426 g/mol. The fraction of sp³-hybridized carbons (Fsp3) is 0.412. The van der Waals surface area contributed by atoms with Gasteiger partial charge < -0.3 is 10.3 Å². The average molecular weight is 427 g/mol. The number of thioether (sulfide) groups is 1. The van der Waals surface area contributed by atoms with Crippen molar-refractivity contribution < 1.29 is 8.78 Å². The molecule has 1 aliphatic carbocycles. The van der Waals surface area contributed by atoms with Gasteiger partial charge in [0.05, 0.1) is 11.1 Å². The van der Waals surface area contributed by atoms with Gasteiger partial charge in [0.25, 0.3) is 0 Å². The third-order valence-corrected chi connectivity index (χ3v) is 7.32. The molecule has 2 aliphatic rings. The minimum atomic E-state index is -1.29. The number of hydrogen-bond acceptors (Lipinski definition) is 4. The second-order valence-electron chi connectivity index (χ2n) is 6.69. The van der Waals surface area contributed by atoms with E-state index in [2.05, 4.69) is 32.8 Å². The normalized spacial score (nSPS) is 33.7. The van der Waals surface area contributed by atoms with Crippen LogP contribution in [0.3, 0.4) is 0 Å². The van der Waals surface area contributed by atoms with Crippen LogP contribution in [0.4, 0.5) is 8.78 Å². The Labute approximate surface area is 157 Å². The number of aliphatic imine (C=N–C) groups is 1. The van der Waals surface area contributed by atoms with Gasteiger partial charge in [-0.15, -0.1) is 0 Å². The van der Waals surface area contributed by atoms with E-state index < -0.39 is 18.0 Å². The molecule has 1 aromatic heterocycles. The average Bonchev–Trinajstić information content (AvgIpc) is 2.94. The van der Waals surface area contributed by atoms with Gasteiger partial charge in [-0.05, 0) is 24.1 Å². The quantitative estimate of drug-likeness (QED) is 0.810. The topological polar surface area (TPSA) is 56.2 Å². The van der Waals surface area contributed by atoms with E-state index in [0.29, 0.717) is 16.2 Å². The van der Waals surface area contributed by atoms with Crippen molar-refractivity contribution in [2.24, 2.45) is 22.6 Å². The van der Waals surface area contributed by atoms with Crippen LogP contribution in [0.15, 0.2) is 46.4 Å². The van der Waals surface area contributed by atoms with Crippen LogP contribution in [0, 0.1) is 17.7 Å². The molecule has 0 saturated heterocycles. The summed E-state index contributed by atoms with van der Waals surface area (Å²) in [7, 11) is 0. The molecule has 1 aromatic carbocycles. The Morgan fingerprint density at radius 2 is 2.24 bits per heavy atom. The van der Waals surface area contributed by atoms with Crippen LogP contribution >= 0.6 is 27.7 Å². The highest BCUT2D eigenvalue weighted by molar-refractivity contribution is 9.10. The molecule has 1 fully saturated rings. The number of amidine groups is 1. The number of nitrogens with two attached hydrogens (primary N) is 1. The summed E-state index contributed by atoms with van der Waals surface area (Å²) in [6, 6.07) is 4.56. The lowest BCUT2D eigenvalue weighted by atomic mass is 9.84. The first kappa shape index (κ1) is 17.0. The Kier molecular flexibility index (Phi) is 3.95. The van der Waals surface area contributed by atoms with Gasteiger partial charge in [-0.1, -0.05) is 34.6 Å². The van der Waals surface area contributed by atoms with Crippen LogP contribution in [-0.2, 0) is 12.1 Å². The molecule has 25 heavy (non-hydrogen) atoms. The van der Waals surface area contributed by atoms with Gasteiger partial charge in [-0.2, -0.15) is 0 Å². The summed E-state index contributed by atoms with van der Waals surface area (Å²) in [5.74, 6) is -0.465. The van der Waals surface area contributed by atoms with Crippen LogP contribution < -0.4 is 5.73 Å². The van der Waals surface area contributed by atoms with Crippen molar-refractivity contribution in [2.45, 2.75) is 23.8 Å². The number of nitrogens with zero attached hydrogens (tertiary/aromatic N) is 3. The van der Waals surface area contributed by atoms with Crippen molar-refractivity contribution in [2.75, 3.05) is 6.67 Å². The van der Waals surface area contributed by atoms with Crippen molar-refractivity contribution >= 4 is 32.9 Å². The molecular formula is C17H17BrF2N4S. The Hall–Kier alpha value is -1.41. The molecule has 1 aliphatic heterocycles. The summed E-state index contributed by atoms with van der Waals surface area (Å²) >= 11 is 4.83. The molecule has 8 heteroatoms. The molecule has 2 N–H and O–H groups in total. The molecule has 0 amide bonds. The number of hydrogen-bond donors (Lipinski definition) is 1. The highest BCUT2D eigenvalue weighted by Crippen LogP contribution is 2.70. The molecule has 4 rings (SSSR count). The second-order valence-corrected chi connectivity index (χ2v) is 8.99. The minimum Gasteiger partial charge on any atom is -0.378 e. The number of rotatable bonds is 4. The lowest BCUT2D eigenvalue weighted by molar-refractivity contribution is 0.254. The zero-order valence-corrected chi connectivity index (χ0v) is 15.9. The van der Waals surface area contributed by atoms with E-state index in [9.17, 15) is 8.78 Å². The Balaban J connectivity index is 1.83. The van der Waals surface area contributed by atoms with Crippen molar-refractivity contribution in [3.63, 3.8) is 0 Å². The second kappa shape index (κ2) is 5.81. The molecule has 0 radical (unpaired) electrons. The zero-order valence-electron chi connectivity index (χ0n) is 13.5. The number of aromatic nitrogens is 2. The van der Waals surface area contributed by atoms with Gasteiger partial charge in [-0.3, -0.25) is 0 Å². The highest BCUT2D eigenvalue weighted by Gasteiger charge is 2.73. The molecule has 0 bridgehead atoms. The summed E-state index contributed by atoms with van der Waals surface area (Å²) < 4.78 is 31.4. The van der Waals surface area contributed by atoms with E-state index in [-0.39, 0.29) is 22.1 Å². The maximum absolute atomic E-state index is 14.6. The van der Waals surface area contributed by atoms with Crippen molar-refractivity contribution in [3.05, 3.63) is 52.8 Å². The SMILES string of the molecule is C[C@H]1[C@@H]2[C@@]1(Cn1ccnc1)SC(N)=N[C@]2(CF)c1cc(Br)ccc1F. The third-order valence-electron chi connectivity index (χ3n) is 5.39. The van der Waals surface area contributed by atoms with E-state index in [4.69, 9.17) is 5.73 Å². The van der Waals surface area contributed by atoms with E-state index in [1.54, 1.807) is 24.7 Å². The minimum absolute atomic E-state index is 0.138. The van der Waals surface area contributed by atoms with Crippen molar-refractivity contribution in [1.29, 1.82) is 0 Å². The molecule has 4 nitrogen and oxygen atoms in total. The summed E-state index contributed by atoms with van der Waals surface area (Å²) in [5.41, 5.74) is 5.06. The summed E-state index contributed by atoms with van der Waals surface area (Å²) in [6.45, 7) is 1.91. The number of halogens is 3. The first-order chi connectivity index (χ1) is 11.9. The summed E-state index contributed by atoms with van der Waals surface area (Å²) in [6.07, 6.45) is 5.31. The first-order valence-corrected chi connectivity index (χ1v) is 9.55. The van der Waals surface area contributed by atoms with Gasteiger partial charge in [0.15, 0.2) is 5.17 Å². The van der Waals surface area contributed by atoms with Crippen LogP contribution in [0.1, 0.15) is 12.5 Å². The molecular weight excluding hydrogens is 410 g/mol. The van der Waals surface area contributed by atoms with Crippen molar-refractivity contribution in [1.82, 2.24) is 9.55 Å². The Morgan fingerprint density at radius 3 is 2.92 bits per heavy atom. The maximum Gasteiger partial charge on any atom is 0.155 e. The summed E-state index contributed by atoms with van der Waals surface area (Å²) in [4.78, 5) is 8.52. The number of fused-ring (bicyclic) bond motifs is 1. The Bertz CT molecular complexity index is 843. The molecule has 0 unspecified atom stereocenters. The first-order valence-electron chi connectivity index (χ1n) is 7.94. The van der Waals surface area contributed by atoms with Crippen LogP contribution in [0.2, 0.25) is 0 Å². The van der Waals surface area contributed by atoms with Gasteiger partial charge >= 0.3 is 0 Å². The van der Waals surface area contributed by atoms with Gasteiger partial charge in [0.2, 0.25) is 0 Å². The molecule has 132 valence electrons. The number of imidazole rings is 1. The smallest absolute Gasteiger partial charge is 0.155 e. The van der Waals surface area contributed by atoms with Gasteiger partial charge in [-0.25, -0.2) is 18.8 Å². The van der Waals surface area contributed by atoms with Gasteiger partial charge in [0, 0.05) is 34.9 Å². The van der Waals surface area contributed by atoms with E-state index in [1.807, 2.05) is 10.8 Å². The fourth-order valence-electron chi connectivity index (χ4n) is 4.24. The van der Waals surface area contributed by atoms with E-state index in [0.717, 1.165) is 0 Å². The third kappa shape index (κ3) is 2.44. The largest absolute Gasteiger partial charge is 0.378 e. The van der Waals surface area contributed by atoms with E-state index in [1.165, 1.54) is 17.8 Å². The predicted molar refractivity (Wildman–Crippen MR) is 98.6 cm³/mol. The molecule has 2 heterocycles. The summed E-state index contributed by atoms with van der Waals surface area (Å²) in [5, 5.41) is 0.303. The fourth-order valence-corrected chi connectivity index (χ4v) is 6.19.